The van der Waals surface area contributed by atoms with Gasteiger partial charge in [-0.15, -0.1) is 0 Å². The monoisotopic (exact) mass is 156 g/mol. The van der Waals surface area contributed by atoms with E-state index >= 15 is 0 Å². The van der Waals surface area contributed by atoms with E-state index in [9.17, 15) is 4.39 Å². The van der Waals surface area contributed by atoms with Crippen LogP contribution in [-0.2, 0) is 0 Å². The van der Waals surface area contributed by atoms with Crippen LogP contribution in [0.3, 0.4) is 0 Å². The van der Waals surface area contributed by atoms with E-state index in [4.69, 9.17) is 10.5 Å². The zero-order chi connectivity index (χ0) is 8.27. The molecular weight excluding hydrogens is 147 g/mol. The Balaban J connectivity index is 2.86. The number of nitrogens with two attached hydrogens (primary N) is 1. The normalized spacial score (nSPS) is 9.64. The van der Waals surface area contributed by atoms with Crippen molar-refractivity contribution < 1.29 is 9.13 Å². The number of ether oxygens (including phenoxy) is 1. The molecular formula is C7H9FN2O. The van der Waals surface area contributed by atoms with Crippen LogP contribution >= 0.6 is 0 Å². The molecule has 0 spiro atoms. The highest BCUT2D eigenvalue weighted by Gasteiger charge is 1.99. The Hall–Kier alpha value is -1.32. The summed E-state index contributed by atoms with van der Waals surface area (Å²) in [6.07, 6.45) is 1.04. The molecule has 1 aromatic rings. The maximum atomic E-state index is 12.5. The summed E-state index contributed by atoms with van der Waals surface area (Å²) in [4.78, 5) is 3.65. The van der Waals surface area contributed by atoms with E-state index in [1.54, 1.807) is 0 Å². The number of hydrogen-bond donors (Lipinski definition) is 1. The standard InChI is InChI=1S/C7H9FN2O/c1-2-11-7-3-6(9)5(8)4-10-7/h3-4H,2H2,1H3,(H2,9,10). The molecule has 1 rings (SSSR count). The number of hydrogen-bond acceptors (Lipinski definition) is 3. The summed E-state index contributed by atoms with van der Waals surface area (Å²) in [5.74, 6) is -0.167. The number of nitrogens with zero attached hydrogens (tertiary/aromatic N) is 1. The van der Waals surface area contributed by atoms with E-state index in [2.05, 4.69) is 4.98 Å². The van der Waals surface area contributed by atoms with Crippen LogP contribution in [0.25, 0.3) is 0 Å². The topological polar surface area (TPSA) is 48.1 Å². The summed E-state index contributed by atoms with van der Waals surface area (Å²) >= 11 is 0. The Morgan fingerprint density at radius 3 is 3.00 bits per heavy atom. The third-order valence-electron chi connectivity index (χ3n) is 1.15. The Morgan fingerprint density at radius 2 is 2.45 bits per heavy atom. The van der Waals surface area contributed by atoms with E-state index in [-0.39, 0.29) is 5.69 Å². The minimum Gasteiger partial charge on any atom is -0.478 e. The molecule has 4 heteroatoms. The predicted molar refractivity (Wildman–Crippen MR) is 39.8 cm³/mol. The van der Waals surface area contributed by atoms with Gasteiger partial charge >= 0.3 is 0 Å². The molecule has 0 amide bonds. The molecule has 0 fully saturated rings. The second-order valence-corrected chi connectivity index (χ2v) is 1.98. The summed E-state index contributed by atoms with van der Waals surface area (Å²) < 4.78 is 17.5. The molecule has 0 saturated carbocycles. The fraction of sp³-hybridized carbons (Fsp3) is 0.286. The lowest BCUT2D eigenvalue weighted by Crippen LogP contribution is -1.97. The van der Waals surface area contributed by atoms with Crippen molar-refractivity contribution in [2.75, 3.05) is 12.3 Å². The van der Waals surface area contributed by atoms with Crippen LogP contribution in [0, 0.1) is 5.82 Å². The Bertz CT molecular complexity index is 252. The van der Waals surface area contributed by atoms with Crippen molar-refractivity contribution in [1.29, 1.82) is 0 Å². The molecule has 1 heterocycles. The molecule has 0 atom stereocenters. The Morgan fingerprint density at radius 1 is 1.73 bits per heavy atom. The van der Waals surface area contributed by atoms with Crippen LogP contribution in [0.5, 0.6) is 5.88 Å². The van der Waals surface area contributed by atoms with Gasteiger partial charge in [-0.3, -0.25) is 0 Å². The van der Waals surface area contributed by atoms with Crippen LogP contribution in [-0.4, -0.2) is 11.6 Å². The minimum absolute atomic E-state index is 0.0588. The van der Waals surface area contributed by atoms with Crippen molar-refractivity contribution in [3.63, 3.8) is 0 Å². The lowest BCUT2D eigenvalue weighted by Gasteiger charge is -2.01. The van der Waals surface area contributed by atoms with Crippen LogP contribution < -0.4 is 10.5 Å². The summed E-state index contributed by atoms with van der Waals surface area (Å²) in [6.45, 7) is 2.32. The van der Waals surface area contributed by atoms with Gasteiger partial charge in [0.1, 0.15) is 0 Å². The lowest BCUT2D eigenvalue weighted by molar-refractivity contribution is 0.326. The highest BCUT2D eigenvalue weighted by molar-refractivity contribution is 5.41. The van der Waals surface area contributed by atoms with Crippen LogP contribution in [0.1, 0.15) is 6.92 Å². The van der Waals surface area contributed by atoms with Crippen LogP contribution in [0.15, 0.2) is 12.3 Å². The Kier molecular flexibility index (Phi) is 2.25. The SMILES string of the molecule is CCOc1cc(N)c(F)cn1. The number of halogens is 1. The van der Waals surface area contributed by atoms with E-state index in [0.29, 0.717) is 12.5 Å². The largest absolute Gasteiger partial charge is 0.478 e. The highest BCUT2D eigenvalue weighted by Crippen LogP contribution is 2.14. The summed E-state index contributed by atoms with van der Waals surface area (Å²) in [5, 5.41) is 0. The molecule has 0 aliphatic rings. The van der Waals surface area contributed by atoms with E-state index in [1.807, 2.05) is 6.92 Å². The van der Waals surface area contributed by atoms with E-state index in [0.717, 1.165) is 6.20 Å². The molecule has 0 aliphatic heterocycles. The Labute approximate surface area is 64.0 Å². The van der Waals surface area contributed by atoms with Gasteiger partial charge in [0.25, 0.3) is 0 Å². The average molecular weight is 156 g/mol. The third-order valence-corrected chi connectivity index (χ3v) is 1.15. The van der Waals surface area contributed by atoms with Crippen molar-refractivity contribution in [2.45, 2.75) is 6.92 Å². The van der Waals surface area contributed by atoms with Gasteiger partial charge in [-0.2, -0.15) is 0 Å². The van der Waals surface area contributed by atoms with Gasteiger partial charge in [-0.25, -0.2) is 9.37 Å². The summed E-state index contributed by atoms with van der Waals surface area (Å²) in [5.41, 5.74) is 5.31. The maximum absolute atomic E-state index is 12.5. The highest BCUT2D eigenvalue weighted by atomic mass is 19.1. The molecule has 0 unspecified atom stereocenters. The van der Waals surface area contributed by atoms with Gasteiger partial charge in [0, 0.05) is 6.07 Å². The lowest BCUT2D eigenvalue weighted by atomic mass is 10.4. The molecule has 0 aliphatic carbocycles. The molecule has 0 radical (unpaired) electrons. The number of rotatable bonds is 2. The molecule has 2 N–H and O–H groups in total. The van der Waals surface area contributed by atoms with Crippen molar-refractivity contribution in [2.24, 2.45) is 0 Å². The van der Waals surface area contributed by atoms with Crippen molar-refractivity contribution in [3.05, 3.63) is 18.1 Å². The molecule has 0 bridgehead atoms. The first kappa shape index (κ1) is 7.78. The van der Waals surface area contributed by atoms with E-state index < -0.39 is 5.82 Å². The van der Waals surface area contributed by atoms with Crippen LogP contribution in [0.2, 0.25) is 0 Å². The van der Waals surface area contributed by atoms with Crippen molar-refractivity contribution in [1.82, 2.24) is 4.98 Å². The smallest absolute Gasteiger partial charge is 0.215 e. The third kappa shape index (κ3) is 1.80. The maximum Gasteiger partial charge on any atom is 0.215 e. The molecule has 0 aromatic carbocycles. The molecule has 1 aromatic heterocycles. The zero-order valence-corrected chi connectivity index (χ0v) is 6.17. The first-order valence-electron chi connectivity index (χ1n) is 3.28. The molecule has 0 saturated heterocycles. The minimum atomic E-state index is -0.520. The van der Waals surface area contributed by atoms with Gasteiger partial charge in [0.2, 0.25) is 5.88 Å². The first-order chi connectivity index (χ1) is 5.24. The number of anilines is 1. The van der Waals surface area contributed by atoms with Gasteiger partial charge in [-0.05, 0) is 6.92 Å². The van der Waals surface area contributed by atoms with Crippen molar-refractivity contribution >= 4 is 5.69 Å². The van der Waals surface area contributed by atoms with Gasteiger partial charge in [0.05, 0.1) is 18.5 Å². The number of nitrogen functional groups attached to an aromatic ring is 1. The van der Waals surface area contributed by atoms with Gasteiger partial charge < -0.3 is 10.5 Å². The summed E-state index contributed by atoms with van der Waals surface area (Å²) in [7, 11) is 0. The average Bonchev–Trinajstić information content (AvgIpc) is 1.98. The summed E-state index contributed by atoms with van der Waals surface area (Å²) in [6, 6.07) is 1.36. The first-order valence-corrected chi connectivity index (χ1v) is 3.28. The molecule has 3 nitrogen and oxygen atoms in total. The number of pyridine rings is 1. The predicted octanol–water partition coefficient (Wildman–Crippen LogP) is 1.20. The van der Waals surface area contributed by atoms with Gasteiger partial charge in [0.15, 0.2) is 5.82 Å². The quantitative estimate of drug-likeness (QED) is 0.699. The fourth-order valence-electron chi connectivity index (χ4n) is 0.661. The second kappa shape index (κ2) is 3.18. The molecule has 11 heavy (non-hydrogen) atoms. The second-order valence-electron chi connectivity index (χ2n) is 1.98. The van der Waals surface area contributed by atoms with Crippen LogP contribution in [0.4, 0.5) is 10.1 Å². The molecule has 60 valence electrons. The fourth-order valence-corrected chi connectivity index (χ4v) is 0.661. The number of aromatic nitrogens is 1. The van der Waals surface area contributed by atoms with E-state index in [1.165, 1.54) is 6.07 Å². The van der Waals surface area contributed by atoms with Crippen molar-refractivity contribution in [3.8, 4) is 5.88 Å². The van der Waals surface area contributed by atoms with Gasteiger partial charge in [-0.1, -0.05) is 0 Å². The zero-order valence-electron chi connectivity index (χ0n) is 6.17.